The summed E-state index contributed by atoms with van der Waals surface area (Å²) in [5.41, 5.74) is 0.634. The smallest absolute Gasteiger partial charge is 0.150 e. The highest BCUT2D eigenvalue weighted by atomic mass is 79.9. The summed E-state index contributed by atoms with van der Waals surface area (Å²) in [5, 5.41) is -0.449. The third-order valence-corrected chi connectivity index (χ3v) is 5.99. The SMILES string of the molecule is O=S1(=O)CCC(C(Cl)c2ccc(Br)c(F)c2)C1. The van der Waals surface area contributed by atoms with E-state index in [1.54, 1.807) is 12.1 Å². The van der Waals surface area contributed by atoms with Crippen molar-refractivity contribution < 1.29 is 12.8 Å². The molecule has 2 rings (SSSR count). The number of benzene rings is 1. The van der Waals surface area contributed by atoms with Gasteiger partial charge in [-0.25, -0.2) is 12.8 Å². The molecule has 0 spiro atoms. The molecule has 1 aliphatic heterocycles. The van der Waals surface area contributed by atoms with Crippen LogP contribution < -0.4 is 0 Å². The summed E-state index contributed by atoms with van der Waals surface area (Å²) in [7, 11) is -2.95. The second-order valence-electron chi connectivity index (χ2n) is 4.24. The van der Waals surface area contributed by atoms with E-state index in [1.807, 2.05) is 0 Å². The molecule has 17 heavy (non-hydrogen) atoms. The van der Waals surface area contributed by atoms with Crippen LogP contribution in [-0.4, -0.2) is 19.9 Å². The molecule has 2 atom stereocenters. The van der Waals surface area contributed by atoms with E-state index in [-0.39, 0.29) is 23.2 Å². The van der Waals surface area contributed by atoms with E-state index >= 15 is 0 Å². The molecule has 1 aliphatic rings. The second-order valence-corrected chi connectivity index (χ2v) is 7.79. The molecule has 0 aliphatic carbocycles. The molecule has 0 saturated carbocycles. The highest BCUT2D eigenvalue weighted by Crippen LogP contribution is 2.37. The highest BCUT2D eigenvalue weighted by Gasteiger charge is 2.33. The van der Waals surface area contributed by atoms with E-state index in [2.05, 4.69) is 15.9 Å². The Morgan fingerprint density at radius 2 is 2.18 bits per heavy atom. The van der Waals surface area contributed by atoms with Crippen molar-refractivity contribution in [2.24, 2.45) is 5.92 Å². The fraction of sp³-hybridized carbons (Fsp3) is 0.455. The minimum atomic E-state index is -2.95. The van der Waals surface area contributed by atoms with Crippen LogP contribution in [-0.2, 0) is 9.84 Å². The van der Waals surface area contributed by atoms with Gasteiger partial charge in [0.15, 0.2) is 9.84 Å². The number of alkyl halides is 1. The average molecular weight is 342 g/mol. The third-order valence-electron chi connectivity index (χ3n) is 2.94. The van der Waals surface area contributed by atoms with E-state index < -0.39 is 15.2 Å². The Hall–Kier alpha value is -0.130. The van der Waals surface area contributed by atoms with Crippen LogP contribution in [0.15, 0.2) is 22.7 Å². The van der Waals surface area contributed by atoms with Crippen LogP contribution in [0, 0.1) is 11.7 Å². The maximum absolute atomic E-state index is 13.4. The lowest BCUT2D eigenvalue weighted by Crippen LogP contribution is -2.10. The van der Waals surface area contributed by atoms with Gasteiger partial charge in [-0.15, -0.1) is 11.6 Å². The van der Waals surface area contributed by atoms with Gasteiger partial charge in [0.1, 0.15) is 5.82 Å². The Labute approximate surface area is 113 Å². The van der Waals surface area contributed by atoms with Gasteiger partial charge in [-0.2, -0.15) is 0 Å². The predicted octanol–water partition coefficient (Wildman–Crippen LogP) is 3.30. The molecule has 2 nitrogen and oxygen atoms in total. The van der Waals surface area contributed by atoms with Crippen molar-refractivity contribution in [3.63, 3.8) is 0 Å². The zero-order valence-electron chi connectivity index (χ0n) is 8.87. The van der Waals surface area contributed by atoms with Gasteiger partial charge in [0.05, 0.1) is 21.4 Å². The first-order valence-corrected chi connectivity index (χ1v) is 8.23. The summed E-state index contributed by atoms with van der Waals surface area (Å²) in [4.78, 5) is 0. The predicted molar refractivity (Wildman–Crippen MR) is 69.5 cm³/mol. The molecule has 0 amide bonds. The van der Waals surface area contributed by atoms with Gasteiger partial charge in [0.2, 0.25) is 0 Å². The fourth-order valence-corrected chi connectivity index (χ4v) is 4.55. The van der Waals surface area contributed by atoms with Crippen LogP contribution in [0.3, 0.4) is 0 Å². The fourth-order valence-electron chi connectivity index (χ4n) is 2.01. The van der Waals surface area contributed by atoms with Crippen molar-refractivity contribution in [1.29, 1.82) is 0 Å². The summed E-state index contributed by atoms with van der Waals surface area (Å²) in [5.74, 6) is -0.227. The minimum Gasteiger partial charge on any atom is -0.229 e. The summed E-state index contributed by atoms with van der Waals surface area (Å²) in [6, 6.07) is 4.66. The maximum atomic E-state index is 13.4. The van der Waals surface area contributed by atoms with Crippen molar-refractivity contribution in [2.75, 3.05) is 11.5 Å². The van der Waals surface area contributed by atoms with E-state index in [0.29, 0.717) is 16.5 Å². The van der Waals surface area contributed by atoms with E-state index in [9.17, 15) is 12.8 Å². The van der Waals surface area contributed by atoms with Crippen LogP contribution in [0.1, 0.15) is 17.4 Å². The normalized spacial score (nSPS) is 24.8. The molecule has 1 saturated heterocycles. The molecule has 94 valence electrons. The largest absolute Gasteiger partial charge is 0.229 e. The van der Waals surface area contributed by atoms with Crippen LogP contribution in [0.4, 0.5) is 4.39 Å². The minimum absolute atomic E-state index is 0.0961. The van der Waals surface area contributed by atoms with Crippen LogP contribution >= 0.6 is 27.5 Å². The number of sulfone groups is 1. The number of rotatable bonds is 2. The molecule has 0 aromatic heterocycles. The molecule has 2 unspecified atom stereocenters. The van der Waals surface area contributed by atoms with Crippen molar-refractivity contribution >= 4 is 37.4 Å². The Morgan fingerprint density at radius 1 is 1.47 bits per heavy atom. The van der Waals surface area contributed by atoms with Gasteiger partial charge in [0.25, 0.3) is 0 Å². The summed E-state index contributed by atoms with van der Waals surface area (Å²) in [6.45, 7) is 0. The Kier molecular flexibility index (Phi) is 3.80. The molecular formula is C11H11BrClFO2S. The zero-order chi connectivity index (χ0) is 12.6. The second kappa shape index (κ2) is 4.86. The van der Waals surface area contributed by atoms with Gasteiger partial charge in [0, 0.05) is 0 Å². The summed E-state index contributed by atoms with van der Waals surface area (Å²) >= 11 is 9.28. The van der Waals surface area contributed by atoms with E-state index in [1.165, 1.54) is 6.07 Å². The summed E-state index contributed by atoms with van der Waals surface area (Å²) < 4.78 is 36.4. The van der Waals surface area contributed by atoms with Gasteiger partial charge in [-0.05, 0) is 46.0 Å². The molecule has 1 aromatic carbocycles. The van der Waals surface area contributed by atoms with Crippen molar-refractivity contribution in [2.45, 2.75) is 11.8 Å². The maximum Gasteiger partial charge on any atom is 0.150 e. The molecule has 0 radical (unpaired) electrons. The highest BCUT2D eigenvalue weighted by molar-refractivity contribution is 9.10. The topological polar surface area (TPSA) is 34.1 Å². The van der Waals surface area contributed by atoms with E-state index in [0.717, 1.165) is 0 Å². The number of hydrogen-bond acceptors (Lipinski definition) is 2. The van der Waals surface area contributed by atoms with Crippen LogP contribution in [0.25, 0.3) is 0 Å². The van der Waals surface area contributed by atoms with E-state index in [4.69, 9.17) is 11.6 Å². The monoisotopic (exact) mass is 340 g/mol. The molecule has 1 heterocycles. The standard InChI is InChI=1S/C11H11BrClFO2S/c12-9-2-1-7(5-10(9)14)11(13)8-3-4-17(15,16)6-8/h1-2,5,8,11H,3-4,6H2. The Balaban J connectivity index is 2.20. The number of halogens is 3. The molecule has 1 aromatic rings. The zero-order valence-corrected chi connectivity index (χ0v) is 12.0. The molecule has 0 bridgehead atoms. The molecular weight excluding hydrogens is 331 g/mol. The lowest BCUT2D eigenvalue weighted by Gasteiger charge is -2.16. The average Bonchev–Trinajstić information content (AvgIpc) is 2.62. The first kappa shape index (κ1) is 13.3. The number of hydrogen-bond donors (Lipinski definition) is 0. The summed E-state index contributed by atoms with van der Waals surface area (Å²) in [6.07, 6.45) is 0.550. The quantitative estimate of drug-likeness (QED) is 0.774. The van der Waals surface area contributed by atoms with Gasteiger partial charge in [-0.3, -0.25) is 0 Å². The van der Waals surface area contributed by atoms with Gasteiger partial charge in [-0.1, -0.05) is 6.07 Å². The first-order chi connectivity index (χ1) is 7.89. The molecule has 6 heteroatoms. The van der Waals surface area contributed by atoms with Crippen LogP contribution in [0.5, 0.6) is 0 Å². The first-order valence-electron chi connectivity index (χ1n) is 5.18. The lowest BCUT2D eigenvalue weighted by atomic mass is 9.98. The van der Waals surface area contributed by atoms with Crippen molar-refractivity contribution in [3.05, 3.63) is 34.1 Å². The molecule has 0 N–H and O–H groups in total. The van der Waals surface area contributed by atoms with Crippen molar-refractivity contribution in [1.82, 2.24) is 0 Å². The molecule has 1 fully saturated rings. The van der Waals surface area contributed by atoms with Gasteiger partial charge >= 0.3 is 0 Å². The Bertz CT molecular complexity index is 532. The third kappa shape index (κ3) is 3.01. The van der Waals surface area contributed by atoms with Gasteiger partial charge < -0.3 is 0 Å². The Morgan fingerprint density at radius 3 is 2.71 bits per heavy atom. The lowest BCUT2D eigenvalue weighted by molar-refractivity contribution is 0.563. The van der Waals surface area contributed by atoms with Crippen LogP contribution in [0.2, 0.25) is 0 Å². The van der Waals surface area contributed by atoms with Crippen molar-refractivity contribution in [3.8, 4) is 0 Å².